The van der Waals surface area contributed by atoms with Crippen molar-refractivity contribution < 1.29 is 90.0 Å². The van der Waals surface area contributed by atoms with Crippen LogP contribution in [0.4, 0.5) is 0 Å². The maximum atomic E-state index is 9.64. The molecule has 0 unspecified atom stereocenters. The van der Waals surface area contributed by atoms with Gasteiger partial charge in [-0.25, -0.2) is 0 Å². The number of aliphatic hydroxyl groups is 6. The smallest absolute Gasteiger partial charge is 0.303 e. The van der Waals surface area contributed by atoms with Gasteiger partial charge in [-0.2, -0.15) is 0 Å². The summed E-state index contributed by atoms with van der Waals surface area (Å²) in [6.45, 7) is 5.91. The number of hydrogen-bond acceptors (Lipinski definition) is 12. The molecule has 0 atom stereocenters. The lowest BCUT2D eigenvalue weighted by Crippen LogP contribution is -2.15. The minimum atomic E-state index is -1.08. The average Bonchev–Trinajstić information content (AvgIpc) is 2.92. The second-order valence-electron chi connectivity index (χ2n) is 7.90. The Bertz CT molecular complexity index is 573. The van der Waals surface area contributed by atoms with Gasteiger partial charge in [0.2, 0.25) is 0 Å². The molecule has 18 heteroatoms. The minimum absolute atomic E-state index is 0.292. The largest absolute Gasteiger partial charge is 0.481 e. The number of aliphatic carboxylic acids is 6. The summed E-state index contributed by atoms with van der Waals surface area (Å²) in [4.78, 5) is 57.7. The van der Waals surface area contributed by atoms with E-state index < -0.39 is 48.0 Å². The van der Waals surface area contributed by atoms with Gasteiger partial charge in [-0.05, 0) is 25.7 Å². The fraction of sp³-hybridized carbons (Fsp3) is 0.769. The van der Waals surface area contributed by atoms with E-state index in [1.165, 1.54) is 0 Å². The normalized spacial score (nSPS) is 8.73. The van der Waals surface area contributed by atoms with Crippen molar-refractivity contribution in [3.05, 3.63) is 0 Å². The van der Waals surface area contributed by atoms with Gasteiger partial charge in [0.1, 0.15) is 12.2 Å². The van der Waals surface area contributed by atoms with Crippen molar-refractivity contribution in [2.24, 2.45) is 0 Å². The summed E-state index contributed by atoms with van der Waals surface area (Å²) in [6, 6.07) is 0. The molecule has 0 aromatic rings. The molecule has 12 N–H and O–H groups in total. The first-order valence-corrected chi connectivity index (χ1v) is 13.4. The van der Waals surface area contributed by atoms with Crippen molar-refractivity contribution in [1.29, 1.82) is 0 Å². The van der Waals surface area contributed by atoms with Gasteiger partial charge in [-0.15, -0.1) is 0 Å². The van der Waals surface area contributed by atoms with Crippen molar-refractivity contribution in [2.45, 2.75) is 104 Å². The highest BCUT2D eigenvalue weighted by Crippen LogP contribution is 1.86. The molecule has 0 radical (unpaired) electrons. The van der Waals surface area contributed by atoms with E-state index in [0.29, 0.717) is 25.7 Å². The highest BCUT2D eigenvalue weighted by atomic mass is 16.4. The lowest BCUT2D eigenvalue weighted by Gasteiger charge is -1.96. The Labute approximate surface area is 256 Å². The average molecular weight is 655 g/mol. The van der Waals surface area contributed by atoms with Gasteiger partial charge < -0.3 is 61.3 Å². The number of rotatable bonds is 15. The van der Waals surface area contributed by atoms with Crippen LogP contribution in [0.25, 0.3) is 0 Å². The molecule has 0 rings (SSSR count). The summed E-state index contributed by atoms with van der Waals surface area (Å²) in [7, 11) is 0. The summed E-state index contributed by atoms with van der Waals surface area (Å²) in [5, 5.41) is 95.5. The van der Waals surface area contributed by atoms with Crippen molar-refractivity contribution in [1.82, 2.24) is 0 Å². The van der Waals surface area contributed by atoms with E-state index in [0.717, 1.165) is 25.7 Å². The SMILES string of the molecule is CCCC(=O)O.CCCC(=O)O.CCCC(=O)O.CCCC(=O)O.O=C(O)CCC(=O)O.OCC(O)CO.OCC(O)CO. The Morgan fingerprint density at radius 1 is 0.364 bits per heavy atom. The molecule has 0 aliphatic rings. The van der Waals surface area contributed by atoms with E-state index in [4.69, 9.17) is 61.3 Å². The molecular formula is C26H54O18. The first-order valence-electron chi connectivity index (χ1n) is 13.4. The van der Waals surface area contributed by atoms with Crippen molar-refractivity contribution in [3.8, 4) is 0 Å². The zero-order valence-corrected chi connectivity index (χ0v) is 25.9. The predicted molar refractivity (Wildman–Crippen MR) is 155 cm³/mol. The number of carboxylic acid groups (broad SMARTS) is 6. The second-order valence-corrected chi connectivity index (χ2v) is 7.90. The lowest BCUT2D eigenvalue weighted by molar-refractivity contribution is -0.143. The van der Waals surface area contributed by atoms with Gasteiger partial charge in [0.25, 0.3) is 0 Å². The summed E-state index contributed by atoms with van der Waals surface area (Å²) >= 11 is 0. The molecule has 18 nitrogen and oxygen atoms in total. The minimum Gasteiger partial charge on any atom is -0.481 e. The van der Waals surface area contributed by atoms with Crippen LogP contribution in [-0.4, -0.2) is 136 Å². The Kier molecular flexibility index (Phi) is 63.1. The number of hydrogen-bond donors (Lipinski definition) is 12. The zero-order valence-electron chi connectivity index (χ0n) is 25.9. The molecule has 0 spiro atoms. The van der Waals surface area contributed by atoms with E-state index in [2.05, 4.69) is 0 Å². The molecule has 0 saturated heterocycles. The van der Waals surface area contributed by atoms with E-state index >= 15 is 0 Å². The molecule has 0 aromatic carbocycles. The molecule has 0 aromatic heterocycles. The van der Waals surface area contributed by atoms with Crippen molar-refractivity contribution in [3.63, 3.8) is 0 Å². The third-order valence-corrected chi connectivity index (χ3v) is 3.25. The Morgan fingerprint density at radius 2 is 0.500 bits per heavy atom. The van der Waals surface area contributed by atoms with E-state index in [1.54, 1.807) is 0 Å². The maximum Gasteiger partial charge on any atom is 0.303 e. The molecule has 0 aliphatic carbocycles. The fourth-order valence-electron chi connectivity index (χ4n) is 1.18. The van der Waals surface area contributed by atoms with Gasteiger partial charge in [0, 0.05) is 25.7 Å². The first kappa shape index (κ1) is 56.4. The number of carbonyl (C=O) groups is 6. The molecule has 266 valence electrons. The molecule has 0 saturated carbocycles. The number of aliphatic hydroxyl groups excluding tert-OH is 6. The summed E-state index contributed by atoms with van der Waals surface area (Å²) < 4.78 is 0. The summed E-state index contributed by atoms with van der Waals surface area (Å²) in [5.41, 5.74) is 0. The quantitative estimate of drug-likeness (QED) is 0.111. The van der Waals surface area contributed by atoms with Crippen LogP contribution in [-0.2, 0) is 28.8 Å². The Hall–Kier alpha value is -3.42. The van der Waals surface area contributed by atoms with Crippen LogP contribution in [0.5, 0.6) is 0 Å². The number of carboxylic acids is 6. The standard InChI is InChI=1S/C4H6O4.4C4H8O2.2C3H8O3/c5-3(6)1-2-4(7)8;4*1-2-3-4(5)6;2*4-1-3(6)2-5/h1-2H2,(H,5,6)(H,7,8);4*2-3H2,1H3,(H,5,6);2*3-6H,1-2H2. The lowest BCUT2D eigenvalue weighted by atomic mass is 10.3. The zero-order chi connectivity index (χ0) is 36.5. The van der Waals surface area contributed by atoms with Crippen LogP contribution in [0, 0.1) is 0 Å². The monoisotopic (exact) mass is 654 g/mol. The van der Waals surface area contributed by atoms with Crippen molar-refractivity contribution in [2.75, 3.05) is 26.4 Å². The maximum absolute atomic E-state index is 9.64. The molecule has 0 bridgehead atoms. The summed E-state index contributed by atoms with van der Waals surface area (Å²) in [6.07, 6.45) is 1.59. The molecular weight excluding hydrogens is 600 g/mol. The first-order chi connectivity index (χ1) is 20.3. The molecule has 0 heterocycles. The second kappa shape index (κ2) is 49.3. The van der Waals surface area contributed by atoms with Crippen LogP contribution >= 0.6 is 0 Å². The molecule has 0 fully saturated rings. The Balaban J connectivity index is -0.0000000728. The topological polar surface area (TPSA) is 345 Å². The van der Waals surface area contributed by atoms with Gasteiger partial charge in [-0.3, -0.25) is 28.8 Å². The van der Waals surface area contributed by atoms with Gasteiger partial charge >= 0.3 is 35.8 Å². The van der Waals surface area contributed by atoms with E-state index in [9.17, 15) is 28.8 Å². The van der Waals surface area contributed by atoms with Crippen LogP contribution in [0.2, 0.25) is 0 Å². The van der Waals surface area contributed by atoms with Gasteiger partial charge in [0.15, 0.2) is 0 Å². The highest BCUT2D eigenvalue weighted by molar-refractivity contribution is 5.75. The van der Waals surface area contributed by atoms with E-state index in [1.807, 2.05) is 27.7 Å². The van der Waals surface area contributed by atoms with Gasteiger partial charge in [-0.1, -0.05) is 27.7 Å². The van der Waals surface area contributed by atoms with Crippen LogP contribution in [0.15, 0.2) is 0 Å². The van der Waals surface area contributed by atoms with Crippen LogP contribution in [0.1, 0.15) is 91.9 Å². The predicted octanol–water partition coefficient (Wildman–Crippen LogP) is 0.0840. The molecule has 0 amide bonds. The van der Waals surface area contributed by atoms with Gasteiger partial charge in [0.05, 0.1) is 39.3 Å². The molecule has 44 heavy (non-hydrogen) atoms. The molecule has 0 aliphatic heterocycles. The fourth-order valence-corrected chi connectivity index (χ4v) is 1.18. The van der Waals surface area contributed by atoms with Crippen LogP contribution in [0.3, 0.4) is 0 Å². The van der Waals surface area contributed by atoms with E-state index in [-0.39, 0.29) is 39.3 Å². The summed E-state index contributed by atoms with van der Waals surface area (Å²) in [5.74, 6) is -5.00. The van der Waals surface area contributed by atoms with Crippen molar-refractivity contribution >= 4 is 35.8 Å². The Morgan fingerprint density at radius 3 is 0.523 bits per heavy atom. The third-order valence-electron chi connectivity index (χ3n) is 3.25. The van der Waals surface area contributed by atoms with Crippen LogP contribution < -0.4 is 0 Å². The highest BCUT2D eigenvalue weighted by Gasteiger charge is 2.00. The third kappa shape index (κ3) is 117.